The smallest absolute Gasteiger partial charge is 0.320 e. The first kappa shape index (κ1) is 15.8. The number of aromatic hydroxyl groups is 1. The zero-order valence-corrected chi connectivity index (χ0v) is 13.6. The van der Waals surface area contributed by atoms with Crippen LogP contribution in [0.4, 0.5) is 10.6 Å². The van der Waals surface area contributed by atoms with Crippen LogP contribution in [0.15, 0.2) is 48.7 Å². The number of amides is 2. The molecule has 1 heterocycles. The second-order valence-corrected chi connectivity index (χ2v) is 5.58. The molecule has 24 heavy (non-hydrogen) atoms. The van der Waals surface area contributed by atoms with Gasteiger partial charge in [-0.2, -0.15) is 0 Å². The Labute approximate surface area is 140 Å². The first-order valence-electron chi connectivity index (χ1n) is 7.82. The predicted molar refractivity (Wildman–Crippen MR) is 96.3 cm³/mol. The van der Waals surface area contributed by atoms with Crippen LogP contribution in [-0.2, 0) is 0 Å². The van der Waals surface area contributed by atoms with Crippen LogP contribution < -0.4 is 10.6 Å². The fraction of sp³-hybridized carbons (Fsp3) is 0.158. The number of pyridine rings is 1. The highest BCUT2D eigenvalue weighted by molar-refractivity contribution is 6.00. The van der Waals surface area contributed by atoms with Crippen molar-refractivity contribution in [3.63, 3.8) is 0 Å². The Bertz CT molecular complexity index is 906. The molecule has 3 rings (SSSR count). The first-order chi connectivity index (χ1) is 11.6. The molecule has 0 saturated heterocycles. The summed E-state index contributed by atoms with van der Waals surface area (Å²) < 4.78 is 0. The van der Waals surface area contributed by atoms with Gasteiger partial charge < -0.3 is 10.4 Å². The lowest BCUT2D eigenvalue weighted by Crippen LogP contribution is -2.28. The van der Waals surface area contributed by atoms with Crippen molar-refractivity contribution >= 4 is 22.6 Å². The predicted octanol–water partition coefficient (Wildman–Crippen LogP) is 4.06. The van der Waals surface area contributed by atoms with Gasteiger partial charge in [0.15, 0.2) is 0 Å². The van der Waals surface area contributed by atoms with E-state index >= 15 is 0 Å². The van der Waals surface area contributed by atoms with E-state index in [2.05, 4.69) is 15.6 Å². The molecule has 1 aromatic heterocycles. The molecule has 122 valence electrons. The van der Waals surface area contributed by atoms with Gasteiger partial charge in [0, 0.05) is 18.1 Å². The third kappa shape index (κ3) is 3.15. The minimum Gasteiger partial charge on any atom is -0.508 e. The maximum absolute atomic E-state index is 11.7. The number of aromatic nitrogens is 1. The summed E-state index contributed by atoms with van der Waals surface area (Å²) in [6.07, 6.45) is 1.76. The molecule has 2 amide bonds. The molecule has 0 saturated carbocycles. The Morgan fingerprint density at radius 2 is 2.00 bits per heavy atom. The van der Waals surface area contributed by atoms with E-state index in [4.69, 9.17) is 0 Å². The summed E-state index contributed by atoms with van der Waals surface area (Å²) in [5.41, 5.74) is 2.99. The van der Waals surface area contributed by atoms with Gasteiger partial charge in [-0.15, -0.1) is 0 Å². The van der Waals surface area contributed by atoms with Gasteiger partial charge in [0.2, 0.25) is 0 Å². The molecule has 5 heteroatoms. The lowest BCUT2D eigenvalue weighted by atomic mass is 9.96. The topological polar surface area (TPSA) is 74.2 Å². The number of anilines is 1. The number of phenols is 1. The van der Waals surface area contributed by atoms with Crippen LogP contribution in [0.25, 0.3) is 21.9 Å². The number of fused-ring (bicyclic) bond motifs is 1. The van der Waals surface area contributed by atoms with E-state index in [1.165, 1.54) is 0 Å². The number of hydrogen-bond acceptors (Lipinski definition) is 3. The van der Waals surface area contributed by atoms with Crippen molar-refractivity contribution in [1.82, 2.24) is 10.3 Å². The molecule has 0 fully saturated rings. The maximum Gasteiger partial charge on any atom is 0.320 e. The molecule has 3 aromatic rings. The average Bonchev–Trinajstić information content (AvgIpc) is 2.55. The highest BCUT2D eigenvalue weighted by atomic mass is 16.3. The minimum atomic E-state index is -0.282. The number of carbonyl (C=O) groups is 1. The van der Waals surface area contributed by atoms with Gasteiger partial charge in [-0.1, -0.05) is 24.3 Å². The summed E-state index contributed by atoms with van der Waals surface area (Å²) in [5, 5.41) is 17.2. The number of benzene rings is 2. The largest absolute Gasteiger partial charge is 0.508 e. The van der Waals surface area contributed by atoms with E-state index in [1.54, 1.807) is 18.3 Å². The third-order valence-corrected chi connectivity index (χ3v) is 3.86. The standard InChI is InChI=1S/C19H19N3O2/c1-3-20-19(24)22-18-10-16-15(13-5-4-6-14(23)9-13)8-7-12(2)17(16)11-21-18/h4-11,23H,3H2,1-2H3,(H2,20,21,22,24). The van der Waals surface area contributed by atoms with Crippen molar-refractivity contribution in [3.8, 4) is 16.9 Å². The van der Waals surface area contributed by atoms with Gasteiger partial charge >= 0.3 is 6.03 Å². The molecule has 0 aliphatic carbocycles. The molecule has 0 aliphatic rings. The van der Waals surface area contributed by atoms with E-state index in [0.717, 1.165) is 27.5 Å². The summed E-state index contributed by atoms with van der Waals surface area (Å²) in [4.78, 5) is 16.0. The molecule has 2 aromatic carbocycles. The number of rotatable bonds is 3. The van der Waals surface area contributed by atoms with Crippen molar-refractivity contribution < 1.29 is 9.90 Å². The van der Waals surface area contributed by atoms with Crippen LogP contribution >= 0.6 is 0 Å². The van der Waals surface area contributed by atoms with Crippen molar-refractivity contribution in [2.45, 2.75) is 13.8 Å². The second kappa shape index (κ2) is 6.58. The highest BCUT2D eigenvalue weighted by Gasteiger charge is 2.10. The molecule has 0 bridgehead atoms. The summed E-state index contributed by atoms with van der Waals surface area (Å²) in [6, 6.07) is 12.7. The van der Waals surface area contributed by atoms with Gasteiger partial charge in [0.1, 0.15) is 11.6 Å². The molecule has 0 aliphatic heterocycles. The van der Waals surface area contributed by atoms with Crippen LogP contribution in [0.5, 0.6) is 5.75 Å². The van der Waals surface area contributed by atoms with Crippen molar-refractivity contribution in [2.75, 3.05) is 11.9 Å². The minimum absolute atomic E-state index is 0.218. The van der Waals surface area contributed by atoms with Crippen molar-refractivity contribution in [3.05, 3.63) is 54.2 Å². The number of hydrogen-bond donors (Lipinski definition) is 3. The van der Waals surface area contributed by atoms with Gasteiger partial charge in [-0.3, -0.25) is 5.32 Å². The van der Waals surface area contributed by atoms with Crippen LogP contribution in [0.2, 0.25) is 0 Å². The molecule has 5 nitrogen and oxygen atoms in total. The fourth-order valence-corrected chi connectivity index (χ4v) is 2.69. The normalized spacial score (nSPS) is 10.6. The van der Waals surface area contributed by atoms with Crippen LogP contribution in [0.1, 0.15) is 12.5 Å². The van der Waals surface area contributed by atoms with E-state index in [9.17, 15) is 9.90 Å². The zero-order valence-electron chi connectivity index (χ0n) is 13.6. The number of phenolic OH excluding ortho intramolecular Hbond substituents is 1. The lowest BCUT2D eigenvalue weighted by molar-refractivity contribution is 0.252. The summed E-state index contributed by atoms with van der Waals surface area (Å²) in [7, 11) is 0. The number of carbonyl (C=O) groups excluding carboxylic acids is 1. The van der Waals surface area contributed by atoms with E-state index < -0.39 is 0 Å². The third-order valence-electron chi connectivity index (χ3n) is 3.86. The summed E-state index contributed by atoms with van der Waals surface area (Å²) in [6.45, 7) is 4.43. The molecule has 3 N–H and O–H groups in total. The maximum atomic E-state index is 11.7. The molecule has 0 radical (unpaired) electrons. The van der Waals surface area contributed by atoms with Crippen LogP contribution in [0, 0.1) is 6.92 Å². The molecular formula is C19H19N3O2. The molecule has 0 atom stereocenters. The Kier molecular flexibility index (Phi) is 4.33. The van der Waals surface area contributed by atoms with Gasteiger partial charge in [-0.25, -0.2) is 9.78 Å². The molecule has 0 spiro atoms. The summed E-state index contributed by atoms with van der Waals surface area (Å²) >= 11 is 0. The lowest BCUT2D eigenvalue weighted by Gasteiger charge is -2.12. The van der Waals surface area contributed by atoms with Gasteiger partial charge in [0.25, 0.3) is 0 Å². The Morgan fingerprint density at radius 1 is 1.17 bits per heavy atom. The van der Waals surface area contributed by atoms with Gasteiger partial charge in [-0.05, 0) is 54.1 Å². The van der Waals surface area contributed by atoms with Crippen molar-refractivity contribution in [2.24, 2.45) is 0 Å². The highest BCUT2D eigenvalue weighted by Crippen LogP contribution is 2.33. The Morgan fingerprint density at radius 3 is 2.75 bits per heavy atom. The second-order valence-electron chi connectivity index (χ2n) is 5.58. The van der Waals surface area contributed by atoms with Crippen LogP contribution in [0.3, 0.4) is 0 Å². The van der Waals surface area contributed by atoms with E-state index in [-0.39, 0.29) is 11.8 Å². The number of nitrogens with one attached hydrogen (secondary N) is 2. The average molecular weight is 321 g/mol. The summed E-state index contributed by atoms with van der Waals surface area (Å²) in [5.74, 6) is 0.705. The van der Waals surface area contributed by atoms with E-state index in [0.29, 0.717) is 12.4 Å². The van der Waals surface area contributed by atoms with Gasteiger partial charge in [0.05, 0.1) is 0 Å². The fourth-order valence-electron chi connectivity index (χ4n) is 2.69. The Balaban J connectivity index is 2.12. The molecular weight excluding hydrogens is 302 g/mol. The Hall–Kier alpha value is -3.08. The number of urea groups is 1. The quantitative estimate of drug-likeness (QED) is 0.681. The SMILES string of the molecule is CCNC(=O)Nc1cc2c(-c3cccc(O)c3)ccc(C)c2cn1. The zero-order chi connectivity index (χ0) is 17.1. The monoisotopic (exact) mass is 321 g/mol. The number of aryl methyl sites for hydroxylation is 1. The van der Waals surface area contributed by atoms with E-state index in [1.807, 2.05) is 44.2 Å². The van der Waals surface area contributed by atoms with Crippen LogP contribution in [-0.4, -0.2) is 22.7 Å². The number of nitrogens with zero attached hydrogens (tertiary/aromatic N) is 1. The van der Waals surface area contributed by atoms with Crippen molar-refractivity contribution in [1.29, 1.82) is 0 Å². The first-order valence-corrected chi connectivity index (χ1v) is 7.82. The molecule has 0 unspecified atom stereocenters.